The second-order valence-electron chi connectivity index (χ2n) is 5.13. The van der Waals surface area contributed by atoms with Crippen LogP contribution in [0, 0.1) is 13.8 Å². The molecule has 0 atom stereocenters. The van der Waals surface area contributed by atoms with Gasteiger partial charge in [0.2, 0.25) is 0 Å². The van der Waals surface area contributed by atoms with E-state index in [-0.39, 0.29) is 11.8 Å². The Bertz CT molecular complexity index is 736. The second-order valence-corrected chi connectivity index (χ2v) is 5.13. The molecule has 3 heteroatoms. The lowest BCUT2D eigenvalue weighted by Crippen LogP contribution is -2.30. The molecule has 2 aromatic carbocycles. The quantitative estimate of drug-likeness (QED) is 0.789. The van der Waals surface area contributed by atoms with Gasteiger partial charge in [-0.15, -0.1) is 0 Å². The first-order chi connectivity index (χ1) is 10.1. The van der Waals surface area contributed by atoms with E-state index in [0.717, 1.165) is 22.3 Å². The largest absolute Gasteiger partial charge is 0.269 e. The number of carbonyl (C=O) groups is 2. The molecule has 1 aliphatic heterocycles. The van der Waals surface area contributed by atoms with Crippen molar-refractivity contribution >= 4 is 17.5 Å². The zero-order chi connectivity index (χ0) is 15.0. The third-order valence-electron chi connectivity index (χ3n) is 3.70. The normalized spacial score (nSPS) is 14.1. The summed E-state index contributed by atoms with van der Waals surface area (Å²) in [4.78, 5) is 25.1. The van der Waals surface area contributed by atoms with Gasteiger partial charge in [-0.25, -0.2) is 4.90 Å². The number of benzene rings is 2. The Kier molecular flexibility index (Phi) is 3.18. The van der Waals surface area contributed by atoms with E-state index in [0.29, 0.717) is 5.69 Å². The molecule has 0 N–H and O–H groups in total. The molecule has 0 aromatic heterocycles. The number of nitrogens with zero attached hydrogens (tertiary/aromatic N) is 1. The maximum atomic E-state index is 12.0. The van der Waals surface area contributed by atoms with E-state index in [9.17, 15) is 9.59 Å². The van der Waals surface area contributed by atoms with Crippen LogP contribution >= 0.6 is 0 Å². The lowest BCUT2D eigenvalue weighted by molar-refractivity contribution is -0.119. The highest BCUT2D eigenvalue weighted by molar-refractivity contribution is 6.29. The fourth-order valence-electron chi connectivity index (χ4n) is 2.76. The van der Waals surface area contributed by atoms with Crippen molar-refractivity contribution in [3.63, 3.8) is 0 Å². The van der Waals surface area contributed by atoms with Gasteiger partial charge in [0, 0.05) is 17.7 Å². The number of anilines is 1. The first-order valence-electron chi connectivity index (χ1n) is 6.81. The van der Waals surface area contributed by atoms with Crippen LogP contribution in [0.1, 0.15) is 11.1 Å². The van der Waals surface area contributed by atoms with Gasteiger partial charge in [0.1, 0.15) is 0 Å². The number of rotatable bonds is 2. The molecular weight excluding hydrogens is 262 g/mol. The average Bonchev–Trinajstić information content (AvgIpc) is 2.79. The van der Waals surface area contributed by atoms with E-state index in [4.69, 9.17) is 0 Å². The minimum atomic E-state index is -0.293. The van der Waals surface area contributed by atoms with Crippen LogP contribution < -0.4 is 4.90 Å². The molecule has 0 saturated heterocycles. The standard InChI is InChI=1S/C18H15NO2/c1-12-6-5-7-13(2)18(12)14-8-3-4-9-15(14)19-16(20)10-11-17(19)21/h3-11H,1-2H3. The predicted octanol–water partition coefficient (Wildman–Crippen LogP) is 3.40. The summed E-state index contributed by atoms with van der Waals surface area (Å²) in [6.07, 6.45) is 2.62. The number of aryl methyl sites for hydroxylation is 2. The first-order valence-corrected chi connectivity index (χ1v) is 6.81. The van der Waals surface area contributed by atoms with Crippen molar-refractivity contribution in [1.82, 2.24) is 0 Å². The van der Waals surface area contributed by atoms with Gasteiger partial charge in [-0.1, -0.05) is 36.4 Å². The van der Waals surface area contributed by atoms with E-state index in [1.807, 2.05) is 56.3 Å². The van der Waals surface area contributed by atoms with E-state index in [1.165, 1.54) is 17.1 Å². The van der Waals surface area contributed by atoms with Crippen molar-refractivity contribution in [2.45, 2.75) is 13.8 Å². The summed E-state index contributed by atoms with van der Waals surface area (Å²) in [5.74, 6) is -0.586. The van der Waals surface area contributed by atoms with Crippen molar-refractivity contribution in [2.75, 3.05) is 4.90 Å². The molecule has 0 radical (unpaired) electrons. The van der Waals surface area contributed by atoms with Gasteiger partial charge in [-0.2, -0.15) is 0 Å². The zero-order valence-corrected chi connectivity index (χ0v) is 12.0. The van der Waals surface area contributed by atoms with Crippen molar-refractivity contribution in [1.29, 1.82) is 0 Å². The summed E-state index contributed by atoms with van der Waals surface area (Å²) in [7, 11) is 0. The highest BCUT2D eigenvalue weighted by Crippen LogP contribution is 2.36. The maximum absolute atomic E-state index is 12.0. The summed E-state index contributed by atoms with van der Waals surface area (Å²) in [6, 6.07) is 13.6. The fourth-order valence-corrected chi connectivity index (χ4v) is 2.76. The zero-order valence-electron chi connectivity index (χ0n) is 12.0. The van der Waals surface area contributed by atoms with Gasteiger partial charge < -0.3 is 0 Å². The molecule has 1 heterocycles. The van der Waals surface area contributed by atoms with Crippen LogP contribution in [0.2, 0.25) is 0 Å². The van der Waals surface area contributed by atoms with Crippen LogP contribution in [-0.2, 0) is 9.59 Å². The molecule has 0 fully saturated rings. The fraction of sp³-hybridized carbons (Fsp3) is 0.111. The summed E-state index contributed by atoms with van der Waals surface area (Å²) in [5, 5.41) is 0. The van der Waals surface area contributed by atoms with Gasteiger partial charge in [0.15, 0.2) is 0 Å². The third-order valence-corrected chi connectivity index (χ3v) is 3.70. The SMILES string of the molecule is Cc1cccc(C)c1-c1ccccc1N1C(=O)C=CC1=O. The molecule has 3 nitrogen and oxygen atoms in total. The number of hydrogen-bond donors (Lipinski definition) is 0. The highest BCUT2D eigenvalue weighted by Gasteiger charge is 2.27. The minimum absolute atomic E-state index is 0.293. The molecule has 2 amide bonds. The lowest BCUT2D eigenvalue weighted by atomic mass is 9.94. The summed E-state index contributed by atoms with van der Waals surface area (Å²) >= 11 is 0. The molecule has 2 aromatic rings. The molecule has 0 unspecified atom stereocenters. The molecule has 0 aliphatic carbocycles. The predicted molar refractivity (Wildman–Crippen MR) is 83.0 cm³/mol. The number of imide groups is 1. The molecular formula is C18H15NO2. The second kappa shape index (κ2) is 5.02. The third kappa shape index (κ3) is 2.17. The maximum Gasteiger partial charge on any atom is 0.258 e. The Labute approximate surface area is 123 Å². The monoisotopic (exact) mass is 277 g/mol. The summed E-state index contributed by atoms with van der Waals surface area (Å²) < 4.78 is 0. The van der Waals surface area contributed by atoms with Crippen LogP contribution in [0.25, 0.3) is 11.1 Å². The van der Waals surface area contributed by atoms with Crippen LogP contribution in [0.5, 0.6) is 0 Å². The Balaban J connectivity index is 2.22. The van der Waals surface area contributed by atoms with E-state index in [1.54, 1.807) is 0 Å². The number of amides is 2. The van der Waals surface area contributed by atoms with Gasteiger partial charge in [-0.3, -0.25) is 9.59 Å². The van der Waals surface area contributed by atoms with Gasteiger partial charge in [0.05, 0.1) is 5.69 Å². The van der Waals surface area contributed by atoms with E-state index in [2.05, 4.69) is 0 Å². The average molecular weight is 277 g/mol. The Hall–Kier alpha value is -2.68. The molecule has 0 saturated carbocycles. The molecule has 21 heavy (non-hydrogen) atoms. The van der Waals surface area contributed by atoms with Crippen molar-refractivity contribution in [3.05, 3.63) is 65.7 Å². The lowest BCUT2D eigenvalue weighted by Gasteiger charge is -2.20. The summed E-state index contributed by atoms with van der Waals surface area (Å²) in [5.41, 5.74) is 4.85. The highest BCUT2D eigenvalue weighted by atomic mass is 16.2. The van der Waals surface area contributed by atoms with Crippen LogP contribution in [-0.4, -0.2) is 11.8 Å². The van der Waals surface area contributed by atoms with E-state index < -0.39 is 0 Å². The van der Waals surface area contributed by atoms with Crippen LogP contribution in [0.3, 0.4) is 0 Å². The number of carbonyl (C=O) groups excluding carboxylic acids is 2. The molecule has 1 aliphatic rings. The summed E-state index contributed by atoms with van der Waals surface area (Å²) in [6.45, 7) is 4.07. The van der Waals surface area contributed by atoms with Gasteiger partial charge in [-0.05, 0) is 36.6 Å². The first kappa shape index (κ1) is 13.3. The van der Waals surface area contributed by atoms with Crippen LogP contribution in [0.15, 0.2) is 54.6 Å². The van der Waals surface area contributed by atoms with Gasteiger partial charge >= 0.3 is 0 Å². The van der Waals surface area contributed by atoms with Gasteiger partial charge in [0.25, 0.3) is 11.8 Å². The molecule has 0 spiro atoms. The van der Waals surface area contributed by atoms with Crippen molar-refractivity contribution < 1.29 is 9.59 Å². The van der Waals surface area contributed by atoms with Crippen molar-refractivity contribution in [2.24, 2.45) is 0 Å². The number of para-hydroxylation sites is 1. The van der Waals surface area contributed by atoms with Crippen molar-refractivity contribution in [3.8, 4) is 11.1 Å². The molecule has 3 rings (SSSR count). The minimum Gasteiger partial charge on any atom is -0.269 e. The Morgan fingerprint density at radius 3 is 1.95 bits per heavy atom. The Morgan fingerprint density at radius 1 is 0.762 bits per heavy atom. The molecule has 104 valence electrons. The van der Waals surface area contributed by atoms with Crippen LogP contribution in [0.4, 0.5) is 5.69 Å². The smallest absolute Gasteiger partial charge is 0.258 e. The molecule has 0 bridgehead atoms. The topological polar surface area (TPSA) is 37.4 Å². The van der Waals surface area contributed by atoms with E-state index >= 15 is 0 Å². The number of hydrogen-bond acceptors (Lipinski definition) is 2. The Morgan fingerprint density at radius 2 is 1.33 bits per heavy atom.